The highest BCUT2D eigenvalue weighted by molar-refractivity contribution is 7.22. The number of rotatable bonds is 9. The van der Waals surface area contributed by atoms with Gasteiger partial charge >= 0.3 is 6.18 Å². The van der Waals surface area contributed by atoms with Crippen molar-refractivity contribution in [1.29, 1.82) is 0 Å². The van der Waals surface area contributed by atoms with Gasteiger partial charge in [0.1, 0.15) is 5.75 Å². The quantitative estimate of drug-likeness (QED) is 0.222. The number of nitrogens with zero attached hydrogens (tertiary/aromatic N) is 2. The maximum Gasteiger partial charge on any atom is 0.418 e. The lowest BCUT2D eigenvalue weighted by Gasteiger charge is -2.20. The molecule has 1 heterocycles. The number of para-hydroxylation sites is 1. The van der Waals surface area contributed by atoms with Crippen LogP contribution in [-0.4, -0.2) is 17.5 Å². The van der Waals surface area contributed by atoms with Gasteiger partial charge in [0.25, 0.3) is 5.91 Å². The van der Waals surface area contributed by atoms with Crippen LogP contribution in [-0.2, 0) is 12.7 Å². The minimum absolute atomic E-state index is 0.151. The number of benzene rings is 3. The number of hydrogen-bond donors (Lipinski definition) is 0. The predicted molar refractivity (Wildman–Crippen MR) is 133 cm³/mol. The van der Waals surface area contributed by atoms with E-state index in [1.807, 2.05) is 30.3 Å². The highest BCUT2D eigenvalue weighted by atomic mass is 32.1. The minimum atomic E-state index is -4.54. The van der Waals surface area contributed by atoms with Crippen molar-refractivity contribution in [1.82, 2.24) is 4.98 Å². The summed E-state index contributed by atoms with van der Waals surface area (Å²) in [7, 11) is 0. The van der Waals surface area contributed by atoms with Crippen molar-refractivity contribution in [2.45, 2.75) is 38.9 Å². The number of carbonyl (C=O) groups is 1. The van der Waals surface area contributed by atoms with E-state index in [1.165, 1.54) is 11.0 Å². The van der Waals surface area contributed by atoms with Gasteiger partial charge in [-0.05, 0) is 48.4 Å². The average molecular weight is 499 g/mol. The Bertz CT molecular complexity index is 1270. The molecule has 0 aliphatic heterocycles. The van der Waals surface area contributed by atoms with Crippen molar-refractivity contribution in [3.8, 4) is 5.75 Å². The monoisotopic (exact) mass is 498 g/mol. The first-order chi connectivity index (χ1) is 16.9. The van der Waals surface area contributed by atoms with Gasteiger partial charge in [0.15, 0.2) is 5.13 Å². The maximum absolute atomic E-state index is 13.5. The molecule has 4 aromatic rings. The van der Waals surface area contributed by atoms with E-state index in [-0.39, 0.29) is 23.1 Å². The van der Waals surface area contributed by atoms with Gasteiger partial charge < -0.3 is 4.74 Å². The Morgan fingerprint density at radius 2 is 1.71 bits per heavy atom. The zero-order valence-corrected chi connectivity index (χ0v) is 20.0. The van der Waals surface area contributed by atoms with Gasteiger partial charge in [-0.1, -0.05) is 67.5 Å². The van der Waals surface area contributed by atoms with Gasteiger partial charge in [0.05, 0.1) is 28.9 Å². The molecule has 4 rings (SSSR count). The molecule has 0 atom stereocenters. The molecule has 4 nitrogen and oxygen atoms in total. The molecule has 0 spiro atoms. The first-order valence-electron chi connectivity index (χ1n) is 11.4. The Morgan fingerprint density at radius 1 is 0.971 bits per heavy atom. The second kappa shape index (κ2) is 10.9. The molecule has 182 valence electrons. The predicted octanol–water partition coefficient (Wildman–Crippen LogP) is 7.73. The smallest absolute Gasteiger partial charge is 0.418 e. The lowest BCUT2D eigenvalue weighted by atomic mass is 10.1. The SMILES string of the molecule is CCCCCOc1ccc(C(=O)N(Cc2ccccc2)c2nc3c(C(F)(F)F)cccc3s2)cc1. The average Bonchev–Trinajstić information content (AvgIpc) is 3.29. The summed E-state index contributed by atoms with van der Waals surface area (Å²) in [4.78, 5) is 19.3. The number of thiazole rings is 1. The van der Waals surface area contributed by atoms with Crippen molar-refractivity contribution >= 4 is 32.6 Å². The van der Waals surface area contributed by atoms with Crippen LogP contribution in [0.25, 0.3) is 10.2 Å². The molecule has 0 radical (unpaired) electrons. The summed E-state index contributed by atoms with van der Waals surface area (Å²) in [5.41, 5.74) is 0.278. The van der Waals surface area contributed by atoms with Crippen LogP contribution in [0.1, 0.15) is 47.7 Å². The van der Waals surface area contributed by atoms with E-state index in [0.29, 0.717) is 22.6 Å². The van der Waals surface area contributed by atoms with Crippen LogP contribution in [0, 0.1) is 0 Å². The lowest BCUT2D eigenvalue weighted by molar-refractivity contribution is -0.136. The number of unbranched alkanes of at least 4 members (excludes halogenated alkanes) is 2. The summed E-state index contributed by atoms with van der Waals surface area (Å²) in [6.07, 6.45) is -1.39. The summed E-state index contributed by atoms with van der Waals surface area (Å²) in [6, 6.07) is 20.1. The Kier molecular flexibility index (Phi) is 7.70. The highest BCUT2D eigenvalue weighted by Gasteiger charge is 2.34. The van der Waals surface area contributed by atoms with Crippen molar-refractivity contribution in [2.24, 2.45) is 0 Å². The molecule has 35 heavy (non-hydrogen) atoms. The van der Waals surface area contributed by atoms with Gasteiger partial charge in [0.2, 0.25) is 0 Å². The van der Waals surface area contributed by atoms with Gasteiger partial charge in [-0.15, -0.1) is 0 Å². The van der Waals surface area contributed by atoms with E-state index in [9.17, 15) is 18.0 Å². The summed E-state index contributed by atoms with van der Waals surface area (Å²) in [5.74, 6) is 0.320. The molecule has 0 saturated carbocycles. The fourth-order valence-corrected chi connectivity index (χ4v) is 4.66. The summed E-state index contributed by atoms with van der Waals surface area (Å²) < 4.78 is 46.7. The van der Waals surface area contributed by atoms with Crippen LogP contribution < -0.4 is 9.64 Å². The molecular weight excluding hydrogens is 473 g/mol. The molecule has 1 aromatic heterocycles. The number of hydrogen-bond acceptors (Lipinski definition) is 4. The molecule has 0 unspecified atom stereocenters. The van der Waals surface area contributed by atoms with E-state index in [4.69, 9.17) is 4.74 Å². The molecule has 0 aliphatic carbocycles. The van der Waals surface area contributed by atoms with Crippen LogP contribution >= 0.6 is 11.3 Å². The highest BCUT2D eigenvalue weighted by Crippen LogP contribution is 2.39. The normalized spacial score (nSPS) is 11.5. The van der Waals surface area contributed by atoms with Crippen molar-refractivity contribution in [3.05, 3.63) is 89.5 Å². The third-order valence-electron chi connectivity index (χ3n) is 5.49. The number of fused-ring (bicyclic) bond motifs is 1. The Hall–Kier alpha value is -3.39. The fourth-order valence-electron chi connectivity index (χ4n) is 3.66. The van der Waals surface area contributed by atoms with Crippen LogP contribution in [0.5, 0.6) is 5.75 Å². The van der Waals surface area contributed by atoms with Crippen molar-refractivity contribution < 1.29 is 22.7 Å². The number of amides is 1. The molecule has 0 bridgehead atoms. The van der Waals surface area contributed by atoms with Crippen LogP contribution in [0.3, 0.4) is 0 Å². The number of ether oxygens (including phenoxy) is 1. The second-order valence-corrected chi connectivity index (χ2v) is 9.11. The first kappa shape index (κ1) is 24.7. The molecular formula is C27H25F3N2O2S. The van der Waals surface area contributed by atoms with Gasteiger partial charge in [0, 0.05) is 5.56 Å². The standard InChI is InChI=1S/C27H25F3N2O2S/c1-2-3-7-17-34-21-15-13-20(14-16-21)25(33)32(18-19-9-5-4-6-10-19)26-31-24-22(27(28,29)30)11-8-12-23(24)35-26/h4-6,8-16H,2-3,7,17-18H2,1H3. The largest absolute Gasteiger partial charge is 0.494 e. The van der Waals surface area contributed by atoms with Crippen LogP contribution in [0.15, 0.2) is 72.8 Å². The minimum Gasteiger partial charge on any atom is -0.494 e. The molecule has 8 heteroatoms. The van der Waals surface area contributed by atoms with Crippen LogP contribution in [0.2, 0.25) is 0 Å². The van der Waals surface area contributed by atoms with Gasteiger partial charge in [-0.25, -0.2) is 4.98 Å². The molecule has 0 saturated heterocycles. The summed E-state index contributed by atoms with van der Waals surface area (Å²) in [5, 5.41) is 0.213. The van der Waals surface area contributed by atoms with E-state index in [1.54, 1.807) is 30.3 Å². The lowest BCUT2D eigenvalue weighted by Crippen LogP contribution is -2.30. The van der Waals surface area contributed by atoms with E-state index >= 15 is 0 Å². The zero-order chi connectivity index (χ0) is 24.8. The summed E-state index contributed by atoms with van der Waals surface area (Å²) in [6.45, 7) is 2.90. The fraction of sp³-hybridized carbons (Fsp3) is 0.259. The maximum atomic E-state index is 13.5. The number of alkyl halides is 3. The number of carbonyl (C=O) groups excluding carboxylic acids is 1. The molecule has 0 fully saturated rings. The molecule has 3 aromatic carbocycles. The van der Waals surface area contributed by atoms with E-state index < -0.39 is 11.7 Å². The number of anilines is 1. The second-order valence-electron chi connectivity index (χ2n) is 8.10. The van der Waals surface area contributed by atoms with Crippen LogP contribution in [0.4, 0.5) is 18.3 Å². The topological polar surface area (TPSA) is 42.4 Å². The molecule has 0 N–H and O–H groups in total. The van der Waals surface area contributed by atoms with E-state index in [0.717, 1.165) is 42.2 Å². The summed E-state index contributed by atoms with van der Waals surface area (Å²) >= 11 is 1.07. The number of aromatic nitrogens is 1. The zero-order valence-electron chi connectivity index (χ0n) is 19.2. The van der Waals surface area contributed by atoms with Gasteiger partial charge in [-0.2, -0.15) is 13.2 Å². The number of halogens is 3. The molecule has 1 amide bonds. The van der Waals surface area contributed by atoms with Crippen molar-refractivity contribution in [2.75, 3.05) is 11.5 Å². The third-order valence-corrected chi connectivity index (χ3v) is 6.53. The Labute approximate surface area is 206 Å². The van der Waals surface area contributed by atoms with E-state index in [2.05, 4.69) is 11.9 Å². The Balaban J connectivity index is 1.65. The first-order valence-corrected chi connectivity index (χ1v) is 12.2. The molecule has 0 aliphatic rings. The Morgan fingerprint density at radius 3 is 2.40 bits per heavy atom. The van der Waals surface area contributed by atoms with Crippen molar-refractivity contribution in [3.63, 3.8) is 0 Å². The van der Waals surface area contributed by atoms with Gasteiger partial charge in [-0.3, -0.25) is 9.69 Å². The third kappa shape index (κ3) is 6.00.